The fraction of sp³-hybridized carbons (Fsp3) is 0.714. The Labute approximate surface area is 164 Å². The number of guanidine groups is 1. The van der Waals surface area contributed by atoms with E-state index in [1.165, 1.54) is 18.4 Å². The zero-order valence-corrected chi connectivity index (χ0v) is 17.5. The topological polar surface area (TPSA) is 61.8 Å². The molecule has 1 aromatic rings. The molecule has 1 aliphatic heterocycles. The van der Waals surface area contributed by atoms with Crippen LogP contribution >= 0.6 is 0 Å². The molecule has 2 rings (SSSR count). The molecule has 2 N–H and O–H groups in total. The molecule has 0 radical (unpaired) electrons. The Bertz CT molecular complexity index is 569. The van der Waals surface area contributed by atoms with Crippen LogP contribution in [0.1, 0.15) is 52.5 Å². The van der Waals surface area contributed by atoms with Crippen molar-refractivity contribution in [3.63, 3.8) is 0 Å². The van der Waals surface area contributed by atoms with Crippen molar-refractivity contribution >= 4 is 11.8 Å². The summed E-state index contributed by atoms with van der Waals surface area (Å²) in [6.07, 6.45) is 5.68. The van der Waals surface area contributed by atoms with Crippen molar-refractivity contribution in [2.75, 3.05) is 37.7 Å². The van der Waals surface area contributed by atoms with Crippen LogP contribution in [-0.2, 0) is 11.3 Å². The van der Waals surface area contributed by atoms with Crippen molar-refractivity contribution < 1.29 is 4.74 Å². The third kappa shape index (κ3) is 7.37. The smallest absolute Gasteiger partial charge is 0.191 e. The number of nitrogens with one attached hydrogen (secondary N) is 2. The summed E-state index contributed by atoms with van der Waals surface area (Å²) in [5.41, 5.74) is 1.19. The Hall–Kier alpha value is -1.82. The largest absolute Gasteiger partial charge is 0.378 e. The molecule has 152 valence electrons. The Morgan fingerprint density at radius 3 is 2.70 bits per heavy atom. The van der Waals surface area contributed by atoms with Crippen LogP contribution in [0.25, 0.3) is 0 Å². The molecule has 1 unspecified atom stereocenters. The monoisotopic (exact) mass is 375 g/mol. The lowest BCUT2D eigenvalue weighted by Crippen LogP contribution is -2.39. The molecule has 0 aromatic carbocycles. The van der Waals surface area contributed by atoms with Crippen molar-refractivity contribution in [2.45, 2.75) is 59.6 Å². The Morgan fingerprint density at radius 2 is 2.04 bits per heavy atom. The van der Waals surface area contributed by atoms with Crippen LogP contribution in [0, 0.1) is 5.92 Å². The fourth-order valence-corrected chi connectivity index (χ4v) is 3.35. The number of anilines is 1. The minimum absolute atomic E-state index is 0.286. The van der Waals surface area contributed by atoms with E-state index >= 15 is 0 Å². The summed E-state index contributed by atoms with van der Waals surface area (Å²) >= 11 is 0. The number of hydrogen-bond donors (Lipinski definition) is 2. The van der Waals surface area contributed by atoms with E-state index in [1.54, 1.807) is 0 Å². The summed E-state index contributed by atoms with van der Waals surface area (Å²) in [5.74, 6) is 2.46. The number of aromatic nitrogens is 1. The SMILES string of the molecule is CCNC(=NCc1ccnc(N2CCCC2)c1)NCCC(OCC)C(C)C. The Morgan fingerprint density at radius 1 is 1.26 bits per heavy atom. The molecule has 0 spiro atoms. The van der Waals surface area contributed by atoms with Gasteiger partial charge in [-0.3, -0.25) is 0 Å². The summed E-state index contributed by atoms with van der Waals surface area (Å²) in [4.78, 5) is 11.6. The van der Waals surface area contributed by atoms with E-state index in [4.69, 9.17) is 9.73 Å². The molecular formula is C21H37N5O. The van der Waals surface area contributed by atoms with Gasteiger partial charge in [-0.1, -0.05) is 13.8 Å². The van der Waals surface area contributed by atoms with Crippen LogP contribution in [0.3, 0.4) is 0 Å². The molecule has 6 heteroatoms. The molecule has 0 amide bonds. The maximum Gasteiger partial charge on any atom is 0.191 e. The van der Waals surface area contributed by atoms with Crippen LogP contribution in [0.5, 0.6) is 0 Å². The lowest BCUT2D eigenvalue weighted by Gasteiger charge is -2.21. The first-order valence-electron chi connectivity index (χ1n) is 10.5. The maximum atomic E-state index is 5.82. The van der Waals surface area contributed by atoms with Crippen molar-refractivity contribution in [3.05, 3.63) is 23.9 Å². The van der Waals surface area contributed by atoms with Gasteiger partial charge < -0.3 is 20.3 Å². The highest BCUT2D eigenvalue weighted by molar-refractivity contribution is 5.79. The van der Waals surface area contributed by atoms with E-state index in [0.717, 1.165) is 51.0 Å². The molecule has 1 fully saturated rings. The molecule has 0 aliphatic carbocycles. The number of rotatable bonds is 10. The molecule has 1 saturated heterocycles. The predicted octanol–water partition coefficient (Wildman–Crippen LogP) is 3.19. The van der Waals surface area contributed by atoms with Crippen molar-refractivity contribution in [1.82, 2.24) is 15.6 Å². The van der Waals surface area contributed by atoms with Crippen LogP contribution in [-0.4, -0.2) is 49.8 Å². The van der Waals surface area contributed by atoms with E-state index < -0.39 is 0 Å². The quantitative estimate of drug-likeness (QED) is 0.486. The summed E-state index contributed by atoms with van der Waals surface area (Å²) in [5, 5.41) is 6.77. The van der Waals surface area contributed by atoms with Crippen molar-refractivity contribution in [1.29, 1.82) is 0 Å². The molecular weight excluding hydrogens is 338 g/mol. The van der Waals surface area contributed by atoms with Gasteiger partial charge in [0.1, 0.15) is 5.82 Å². The second-order valence-corrected chi connectivity index (χ2v) is 7.36. The van der Waals surface area contributed by atoms with E-state index in [2.05, 4.69) is 60.3 Å². The summed E-state index contributed by atoms with van der Waals surface area (Å²) in [6.45, 7) is 13.9. The molecule has 1 aromatic heterocycles. The Kier molecular flexibility index (Phi) is 9.39. The van der Waals surface area contributed by atoms with Gasteiger partial charge in [0.15, 0.2) is 5.96 Å². The minimum atomic E-state index is 0.286. The number of ether oxygens (including phenoxy) is 1. The first-order valence-corrected chi connectivity index (χ1v) is 10.5. The highest BCUT2D eigenvalue weighted by atomic mass is 16.5. The molecule has 0 bridgehead atoms. The van der Waals surface area contributed by atoms with Crippen molar-refractivity contribution in [2.24, 2.45) is 10.9 Å². The van der Waals surface area contributed by atoms with Gasteiger partial charge in [-0.2, -0.15) is 0 Å². The van der Waals surface area contributed by atoms with Crippen LogP contribution in [0.4, 0.5) is 5.82 Å². The third-order valence-electron chi connectivity index (χ3n) is 4.85. The van der Waals surface area contributed by atoms with Gasteiger partial charge in [0.2, 0.25) is 0 Å². The average Bonchev–Trinajstić information content (AvgIpc) is 3.20. The summed E-state index contributed by atoms with van der Waals surface area (Å²) in [7, 11) is 0. The highest BCUT2D eigenvalue weighted by Gasteiger charge is 2.14. The summed E-state index contributed by atoms with van der Waals surface area (Å²) in [6, 6.07) is 4.22. The number of hydrogen-bond acceptors (Lipinski definition) is 4. The minimum Gasteiger partial charge on any atom is -0.378 e. The zero-order valence-electron chi connectivity index (χ0n) is 17.5. The van der Waals surface area contributed by atoms with E-state index in [9.17, 15) is 0 Å². The normalized spacial score (nSPS) is 16.0. The number of nitrogens with zero attached hydrogens (tertiary/aromatic N) is 3. The van der Waals surface area contributed by atoms with Crippen LogP contribution < -0.4 is 15.5 Å². The van der Waals surface area contributed by atoms with E-state index in [-0.39, 0.29) is 6.10 Å². The van der Waals surface area contributed by atoms with E-state index in [1.807, 2.05) is 6.20 Å². The first-order chi connectivity index (χ1) is 13.1. The molecule has 1 atom stereocenters. The van der Waals surface area contributed by atoms with Gasteiger partial charge in [0, 0.05) is 39.0 Å². The van der Waals surface area contributed by atoms with E-state index in [0.29, 0.717) is 12.5 Å². The van der Waals surface area contributed by atoms with Crippen LogP contribution in [0.15, 0.2) is 23.3 Å². The third-order valence-corrected chi connectivity index (χ3v) is 4.85. The summed E-state index contributed by atoms with van der Waals surface area (Å²) < 4.78 is 5.82. The second-order valence-electron chi connectivity index (χ2n) is 7.36. The highest BCUT2D eigenvalue weighted by Crippen LogP contribution is 2.18. The average molecular weight is 376 g/mol. The lowest BCUT2D eigenvalue weighted by atomic mass is 10.0. The lowest BCUT2D eigenvalue weighted by molar-refractivity contribution is 0.0258. The molecule has 0 saturated carbocycles. The van der Waals surface area contributed by atoms with Crippen LogP contribution in [0.2, 0.25) is 0 Å². The molecule has 2 heterocycles. The molecule has 1 aliphatic rings. The van der Waals surface area contributed by atoms with Gasteiger partial charge in [0.25, 0.3) is 0 Å². The molecule has 6 nitrogen and oxygen atoms in total. The van der Waals surface area contributed by atoms with Gasteiger partial charge >= 0.3 is 0 Å². The van der Waals surface area contributed by atoms with Gasteiger partial charge in [-0.15, -0.1) is 0 Å². The number of aliphatic imine (C=N–C) groups is 1. The maximum absolute atomic E-state index is 5.82. The van der Waals surface area contributed by atoms with Gasteiger partial charge in [-0.25, -0.2) is 9.98 Å². The predicted molar refractivity (Wildman–Crippen MR) is 113 cm³/mol. The standard InChI is InChI=1S/C21H37N5O/c1-5-22-21(24-12-10-19(17(3)4)27-6-2)25-16-18-9-11-23-20(15-18)26-13-7-8-14-26/h9,11,15,17,19H,5-8,10,12-14,16H2,1-4H3,(H2,22,24,25). The van der Waals surface area contributed by atoms with Gasteiger partial charge in [0.05, 0.1) is 12.6 Å². The fourth-order valence-electron chi connectivity index (χ4n) is 3.35. The number of pyridine rings is 1. The Balaban J connectivity index is 1.89. The van der Waals surface area contributed by atoms with Gasteiger partial charge in [-0.05, 0) is 56.7 Å². The van der Waals surface area contributed by atoms with Crippen molar-refractivity contribution in [3.8, 4) is 0 Å². The molecule has 27 heavy (non-hydrogen) atoms. The second kappa shape index (κ2) is 11.8. The zero-order chi connectivity index (χ0) is 19.5. The first kappa shape index (κ1) is 21.5.